The first-order valence-corrected chi connectivity index (χ1v) is 8.56. The molecule has 6 heteroatoms. The molecular formula is C19H24N4O2. The molecule has 1 aromatic carbocycles. The molecule has 2 heterocycles. The van der Waals surface area contributed by atoms with Gasteiger partial charge in [-0.25, -0.2) is 0 Å². The van der Waals surface area contributed by atoms with Crippen LogP contribution in [0.4, 0.5) is 0 Å². The molecule has 0 atom stereocenters. The van der Waals surface area contributed by atoms with Gasteiger partial charge < -0.3 is 9.80 Å². The van der Waals surface area contributed by atoms with Crippen LogP contribution in [0.3, 0.4) is 0 Å². The number of likely N-dealkylation sites (tertiary alicyclic amines) is 1. The Morgan fingerprint density at radius 2 is 1.80 bits per heavy atom. The summed E-state index contributed by atoms with van der Waals surface area (Å²) in [4.78, 5) is 28.9. The minimum absolute atomic E-state index is 0.0337. The maximum absolute atomic E-state index is 12.8. The molecule has 0 aliphatic carbocycles. The zero-order valence-corrected chi connectivity index (χ0v) is 14.8. The molecule has 0 N–H and O–H groups in total. The molecule has 2 aromatic rings. The van der Waals surface area contributed by atoms with Crippen molar-refractivity contribution in [1.82, 2.24) is 19.6 Å². The van der Waals surface area contributed by atoms with Crippen LogP contribution in [0.5, 0.6) is 0 Å². The molecule has 1 aliphatic rings. The summed E-state index contributed by atoms with van der Waals surface area (Å²) >= 11 is 0. The standard InChI is InChI=1S/C19H24N4O2/c1-21(2)18(25)19(23-12-6-11-20-23)9-13-22(14-10-19)17(24)15-16-7-4-3-5-8-16/h3-8,11-12H,9-10,13-15H2,1-2H3. The molecule has 0 saturated carbocycles. The van der Waals surface area contributed by atoms with Crippen molar-refractivity contribution in [2.24, 2.45) is 0 Å². The summed E-state index contributed by atoms with van der Waals surface area (Å²) in [6, 6.07) is 11.6. The number of likely N-dealkylation sites (N-methyl/N-ethyl adjacent to an activating group) is 1. The Morgan fingerprint density at radius 3 is 2.36 bits per heavy atom. The number of carbonyl (C=O) groups excluding carboxylic acids is 2. The fraction of sp³-hybridized carbons (Fsp3) is 0.421. The second-order valence-electron chi connectivity index (χ2n) is 6.72. The smallest absolute Gasteiger partial charge is 0.250 e. The first-order chi connectivity index (χ1) is 12.0. The van der Waals surface area contributed by atoms with Gasteiger partial charge in [-0.05, 0) is 24.5 Å². The predicted molar refractivity (Wildman–Crippen MR) is 94.9 cm³/mol. The predicted octanol–water partition coefficient (Wildman–Crippen LogP) is 1.53. The van der Waals surface area contributed by atoms with Crippen molar-refractivity contribution in [1.29, 1.82) is 0 Å². The number of carbonyl (C=O) groups is 2. The topological polar surface area (TPSA) is 58.4 Å². The van der Waals surface area contributed by atoms with E-state index >= 15 is 0 Å². The summed E-state index contributed by atoms with van der Waals surface area (Å²) in [5.41, 5.74) is 0.317. The molecule has 0 unspecified atom stereocenters. The lowest BCUT2D eigenvalue weighted by atomic mass is 9.86. The summed E-state index contributed by atoms with van der Waals surface area (Å²) in [6.07, 6.45) is 5.08. The third-order valence-corrected chi connectivity index (χ3v) is 4.89. The molecule has 2 amide bonds. The minimum atomic E-state index is -0.698. The second-order valence-corrected chi connectivity index (χ2v) is 6.72. The number of hydrogen-bond acceptors (Lipinski definition) is 3. The van der Waals surface area contributed by atoms with E-state index in [1.54, 1.807) is 29.9 Å². The van der Waals surface area contributed by atoms with Gasteiger partial charge in [0, 0.05) is 39.6 Å². The number of hydrogen-bond donors (Lipinski definition) is 0. The van der Waals surface area contributed by atoms with Crippen LogP contribution in [0.2, 0.25) is 0 Å². The average Bonchev–Trinajstić information content (AvgIpc) is 3.17. The first kappa shape index (κ1) is 17.2. The molecule has 0 spiro atoms. The van der Waals surface area contributed by atoms with E-state index in [4.69, 9.17) is 0 Å². The van der Waals surface area contributed by atoms with Crippen LogP contribution < -0.4 is 0 Å². The van der Waals surface area contributed by atoms with Gasteiger partial charge in [-0.2, -0.15) is 5.10 Å². The van der Waals surface area contributed by atoms with E-state index in [9.17, 15) is 9.59 Å². The van der Waals surface area contributed by atoms with Crippen LogP contribution >= 0.6 is 0 Å². The van der Waals surface area contributed by atoms with Gasteiger partial charge in [0.25, 0.3) is 0 Å². The molecule has 132 valence electrons. The van der Waals surface area contributed by atoms with Gasteiger partial charge in [0.2, 0.25) is 11.8 Å². The zero-order valence-electron chi connectivity index (χ0n) is 14.8. The maximum Gasteiger partial charge on any atom is 0.250 e. The van der Waals surface area contributed by atoms with E-state index in [0.717, 1.165) is 5.56 Å². The van der Waals surface area contributed by atoms with Gasteiger partial charge in [0.05, 0.1) is 6.42 Å². The Hall–Kier alpha value is -2.63. The number of nitrogens with zero attached hydrogens (tertiary/aromatic N) is 4. The normalized spacial score (nSPS) is 16.5. The van der Waals surface area contributed by atoms with Crippen molar-refractivity contribution in [3.8, 4) is 0 Å². The van der Waals surface area contributed by atoms with Gasteiger partial charge in [-0.15, -0.1) is 0 Å². The van der Waals surface area contributed by atoms with E-state index in [1.165, 1.54) is 0 Å². The van der Waals surface area contributed by atoms with Crippen molar-refractivity contribution in [3.63, 3.8) is 0 Å². The molecule has 3 rings (SSSR count). The van der Waals surface area contributed by atoms with E-state index in [2.05, 4.69) is 5.10 Å². The number of benzene rings is 1. The molecule has 25 heavy (non-hydrogen) atoms. The van der Waals surface area contributed by atoms with Gasteiger partial charge in [-0.1, -0.05) is 30.3 Å². The Morgan fingerprint density at radius 1 is 1.12 bits per heavy atom. The van der Waals surface area contributed by atoms with Crippen molar-refractivity contribution in [2.75, 3.05) is 27.2 Å². The highest BCUT2D eigenvalue weighted by Gasteiger charge is 2.45. The zero-order chi connectivity index (χ0) is 17.9. The van der Waals surface area contributed by atoms with Crippen LogP contribution in [0, 0.1) is 0 Å². The summed E-state index contributed by atoms with van der Waals surface area (Å²) in [5, 5.41) is 4.32. The maximum atomic E-state index is 12.8. The fourth-order valence-corrected chi connectivity index (χ4v) is 3.49. The van der Waals surface area contributed by atoms with Gasteiger partial charge in [-0.3, -0.25) is 14.3 Å². The molecule has 0 bridgehead atoms. The SMILES string of the molecule is CN(C)C(=O)C1(n2cccn2)CCN(C(=O)Cc2ccccc2)CC1. The lowest BCUT2D eigenvalue weighted by molar-refractivity contribution is -0.145. The molecule has 1 aliphatic heterocycles. The quantitative estimate of drug-likeness (QED) is 0.848. The summed E-state index contributed by atoms with van der Waals surface area (Å²) < 4.78 is 1.76. The monoisotopic (exact) mass is 340 g/mol. The molecule has 1 fully saturated rings. The second kappa shape index (κ2) is 7.09. The average molecular weight is 340 g/mol. The third kappa shape index (κ3) is 3.43. The summed E-state index contributed by atoms with van der Waals surface area (Å²) in [7, 11) is 3.53. The van der Waals surface area contributed by atoms with Gasteiger partial charge in [0.1, 0.15) is 5.54 Å². The van der Waals surface area contributed by atoms with E-state index in [-0.39, 0.29) is 11.8 Å². The molecule has 1 saturated heterocycles. The Labute approximate surface area is 148 Å². The van der Waals surface area contributed by atoms with Crippen LogP contribution in [0.15, 0.2) is 48.8 Å². The largest absolute Gasteiger partial charge is 0.347 e. The van der Waals surface area contributed by atoms with Gasteiger partial charge in [0.15, 0.2) is 0 Å². The van der Waals surface area contributed by atoms with Crippen LogP contribution in [-0.2, 0) is 21.5 Å². The Bertz CT molecular complexity index is 717. The lowest BCUT2D eigenvalue weighted by Gasteiger charge is -2.42. The molecule has 1 aromatic heterocycles. The minimum Gasteiger partial charge on any atom is -0.347 e. The molecule has 0 radical (unpaired) electrons. The van der Waals surface area contributed by atoms with Crippen molar-refractivity contribution in [3.05, 3.63) is 54.4 Å². The fourth-order valence-electron chi connectivity index (χ4n) is 3.49. The van der Waals surface area contributed by atoms with Crippen LogP contribution in [0.1, 0.15) is 18.4 Å². The number of rotatable bonds is 4. The first-order valence-electron chi connectivity index (χ1n) is 8.56. The number of amides is 2. The van der Waals surface area contributed by atoms with Crippen LogP contribution in [0.25, 0.3) is 0 Å². The molecule has 6 nitrogen and oxygen atoms in total. The van der Waals surface area contributed by atoms with Gasteiger partial charge >= 0.3 is 0 Å². The van der Waals surface area contributed by atoms with E-state index < -0.39 is 5.54 Å². The third-order valence-electron chi connectivity index (χ3n) is 4.89. The number of piperidine rings is 1. The van der Waals surface area contributed by atoms with Crippen molar-refractivity contribution >= 4 is 11.8 Å². The number of aromatic nitrogens is 2. The van der Waals surface area contributed by atoms with E-state index in [0.29, 0.717) is 32.4 Å². The summed E-state index contributed by atoms with van der Waals surface area (Å²) in [6.45, 7) is 1.12. The Kier molecular flexibility index (Phi) is 4.88. The highest BCUT2D eigenvalue weighted by Crippen LogP contribution is 2.31. The van der Waals surface area contributed by atoms with Crippen LogP contribution in [-0.4, -0.2) is 58.6 Å². The molecular weight excluding hydrogens is 316 g/mol. The highest BCUT2D eigenvalue weighted by atomic mass is 16.2. The summed E-state index contributed by atoms with van der Waals surface area (Å²) in [5.74, 6) is 0.143. The lowest BCUT2D eigenvalue weighted by Crippen LogP contribution is -2.56. The van der Waals surface area contributed by atoms with Crippen molar-refractivity contribution in [2.45, 2.75) is 24.8 Å². The highest BCUT2D eigenvalue weighted by molar-refractivity contribution is 5.85. The van der Waals surface area contributed by atoms with Crippen molar-refractivity contribution < 1.29 is 9.59 Å². The Balaban J connectivity index is 1.72. The van der Waals surface area contributed by atoms with E-state index in [1.807, 2.05) is 47.5 Å².